The molecule has 1 aromatic carbocycles. The van der Waals surface area contributed by atoms with Crippen LogP contribution in [0.15, 0.2) is 65.4 Å². The number of alkyl halides is 3. The van der Waals surface area contributed by atoms with Crippen LogP contribution in [0.5, 0.6) is 0 Å². The van der Waals surface area contributed by atoms with Crippen LogP contribution in [0.2, 0.25) is 0 Å². The minimum absolute atomic E-state index is 0.0311. The molecule has 0 atom stereocenters. The number of hydrogen-bond acceptors (Lipinski definition) is 5. The van der Waals surface area contributed by atoms with Crippen molar-refractivity contribution in [1.29, 1.82) is 0 Å². The number of benzene rings is 1. The maximum atomic E-state index is 13.3. The quantitative estimate of drug-likeness (QED) is 0.655. The van der Waals surface area contributed by atoms with Gasteiger partial charge in [-0.1, -0.05) is 6.07 Å². The number of carbonyl (C=O) groups is 1. The predicted octanol–water partition coefficient (Wildman–Crippen LogP) is 4.27. The van der Waals surface area contributed by atoms with E-state index in [-0.39, 0.29) is 11.4 Å². The third-order valence-electron chi connectivity index (χ3n) is 5.14. The molecule has 0 aliphatic carbocycles. The normalized spacial score (nSPS) is 15.1. The van der Waals surface area contributed by atoms with Crippen LogP contribution < -0.4 is 10.2 Å². The highest BCUT2D eigenvalue weighted by Gasteiger charge is 2.32. The summed E-state index contributed by atoms with van der Waals surface area (Å²) >= 11 is 0. The molecule has 6 nitrogen and oxygen atoms in total. The van der Waals surface area contributed by atoms with E-state index in [1.807, 2.05) is 23.1 Å². The molecule has 3 aromatic rings. The van der Waals surface area contributed by atoms with Gasteiger partial charge in [0.1, 0.15) is 0 Å². The Morgan fingerprint density at radius 1 is 1.06 bits per heavy atom. The number of rotatable bonds is 5. The largest absolute Gasteiger partial charge is 0.459 e. The summed E-state index contributed by atoms with van der Waals surface area (Å²) in [6, 6.07) is 12.2. The van der Waals surface area contributed by atoms with Gasteiger partial charge < -0.3 is 14.6 Å². The molecule has 9 heteroatoms. The zero-order valence-electron chi connectivity index (χ0n) is 16.6. The Hall–Kier alpha value is -3.33. The van der Waals surface area contributed by atoms with Crippen molar-refractivity contribution >= 4 is 17.3 Å². The third-order valence-corrected chi connectivity index (χ3v) is 5.14. The lowest BCUT2D eigenvalue weighted by Gasteiger charge is -2.37. The smallest absolute Gasteiger partial charge is 0.416 e. The number of hydrogen-bond donors (Lipinski definition) is 1. The van der Waals surface area contributed by atoms with Crippen molar-refractivity contribution in [3.63, 3.8) is 0 Å². The summed E-state index contributed by atoms with van der Waals surface area (Å²) in [6.07, 6.45) is -1.42. The van der Waals surface area contributed by atoms with Gasteiger partial charge in [-0.2, -0.15) is 13.2 Å². The second kappa shape index (κ2) is 8.81. The van der Waals surface area contributed by atoms with Crippen LogP contribution in [0.3, 0.4) is 0 Å². The van der Waals surface area contributed by atoms with Gasteiger partial charge in [-0.15, -0.1) is 0 Å². The molecule has 1 aliphatic heterocycles. The maximum absolute atomic E-state index is 13.3. The highest BCUT2D eigenvalue weighted by molar-refractivity contribution is 6.04. The van der Waals surface area contributed by atoms with E-state index in [4.69, 9.17) is 4.42 Å². The van der Waals surface area contributed by atoms with E-state index in [0.717, 1.165) is 30.9 Å². The van der Waals surface area contributed by atoms with E-state index in [9.17, 15) is 18.0 Å². The minimum atomic E-state index is -4.51. The highest BCUT2D eigenvalue weighted by Crippen LogP contribution is 2.36. The molecule has 2 aromatic heterocycles. The van der Waals surface area contributed by atoms with Crippen molar-refractivity contribution < 1.29 is 22.4 Å². The molecule has 0 bridgehead atoms. The van der Waals surface area contributed by atoms with Crippen LogP contribution in [0.1, 0.15) is 21.8 Å². The zero-order chi connectivity index (χ0) is 21.8. The van der Waals surface area contributed by atoms with Crippen LogP contribution in [-0.2, 0) is 12.7 Å². The SMILES string of the molecule is O=C(Nc1cc(C(F)(F)F)ccc1N1CCN(Cc2ccccn2)CC1)c1ccco1. The van der Waals surface area contributed by atoms with Crippen LogP contribution in [-0.4, -0.2) is 42.0 Å². The monoisotopic (exact) mass is 430 g/mol. The van der Waals surface area contributed by atoms with Crippen molar-refractivity contribution in [1.82, 2.24) is 9.88 Å². The fraction of sp³-hybridized carbons (Fsp3) is 0.273. The average Bonchev–Trinajstić information content (AvgIpc) is 3.30. The summed E-state index contributed by atoms with van der Waals surface area (Å²) in [6.45, 7) is 3.39. The molecule has 31 heavy (non-hydrogen) atoms. The average molecular weight is 430 g/mol. The van der Waals surface area contributed by atoms with Crippen molar-refractivity contribution in [3.05, 3.63) is 78.0 Å². The van der Waals surface area contributed by atoms with Crippen LogP contribution >= 0.6 is 0 Å². The van der Waals surface area contributed by atoms with Crippen molar-refractivity contribution in [2.75, 3.05) is 36.4 Å². The molecule has 0 spiro atoms. The molecule has 3 heterocycles. The highest BCUT2D eigenvalue weighted by atomic mass is 19.4. The van der Waals surface area contributed by atoms with Gasteiger partial charge in [0.15, 0.2) is 5.76 Å². The summed E-state index contributed by atoms with van der Waals surface area (Å²) in [5.74, 6) is -0.567. The first-order chi connectivity index (χ1) is 14.9. The van der Waals surface area contributed by atoms with Gasteiger partial charge in [0.2, 0.25) is 0 Å². The number of aromatic nitrogens is 1. The molecular weight excluding hydrogens is 409 g/mol. The number of amides is 1. The minimum Gasteiger partial charge on any atom is -0.459 e. The van der Waals surface area contributed by atoms with Gasteiger partial charge >= 0.3 is 6.18 Å². The van der Waals surface area contributed by atoms with E-state index >= 15 is 0 Å². The Kier molecular flexibility index (Phi) is 5.94. The maximum Gasteiger partial charge on any atom is 0.416 e. The Morgan fingerprint density at radius 2 is 1.87 bits per heavy atom. The second-order valence-corrected chi connectivity index (χ2v) is 7.25. The fourth-order valence-corrected chi connectivity index (χ4v) is 3.55. The standard InChI is InChI=1S/C22H21F3N4O2/c23-22(24,25)16-6-7-19(18(14-16)27-21(30)20-5-3-13-31-20)29-11-9-28(10-12-29)15-17-4-1-2-8-26-17/h1-8,13-14H,9-12,15H2,(H,27,30). The summed E-state index contributed by atoms with van der Waals surface area (Å²) in [5.41, 5.74) is 0.802. The molecule has 162 valence electrons. The number of anilines is 2. The molecule has 0 saturated carbocycles. The van der Waals surface area contributed by atoms with E-state index in [1.165, 1.54) is 18.4 Å². The Labute approximate surface area is 177 Å². The molecule has 1 saturated heterocycles. The molecule has 0 radical (unpaired) electrons. The molecule has 0 unspecified atom stereocenters. The fourth-order valence-electron chi connectivity index (χ4n) is 3.55. The van der Waals surface area contributed by atoms with Crippen LogP contribution in [0, 0.1) is 0 Å². The summed E-state index contributed by atoms with van der Waals surface area (Å²) in [7, 11) is 0. The number of nitrogens with one attached hydrogen (secondary N) is 1. The third kappa shape index (κ3) is 5.05. The van der Waals surface area contributed by atoms with Gasteiger partial charge in [-0.05, 0) is 42.5 Å². The van der Waals surface area contributed by atoms with Crippen molar-refractivity contribution in [2.24, 2.45) is 0 Å². The summed E-state index contributed by atoms with van der Waals surface area (Å²) in [5, 5.41) is 2.58. The van der Waals surface area contributed by atoms with Crippen LogP contribution in [0.25, 0.3) is 0 Å². The van der Waals surface area contributed by atoms with Crippen molar-refractivity contribution in [3.8, 4) is 0 Å². The first-order valence-electron chi connectivity index (χ1n) is 9.83. The predicted molar refractivity (Wildman–Crippen MR) is 110 cm³/mol. The Bertz CT molecular complexity index is 1010. The Morgan fingerprint density at radius 3 is 2.52 bits per heavy atom. The number of furan rings is 1. The molecular formula is C22H21F3N4O2. The van der Waals surface area contributed by atoms with Gasteiger partial charge in [0, 0.05) is 38.9 Å². The number of pyridine rings is 1. The second-order valence-electron chi connectivity index (χ2n) is 7.25. The van der Waals surface area contributed by atoms with E-state index in [0.29, 0.717) is 25.3 Å². The first-order valence-corrected chi connectivity index (χ1v) is 9.83. The lowest BCUT2D eigenvalue weighted by molar-refractivity contribution is -0.137. The van der Waals surface area contributed by atoms with E-state index in [1.54, 1.807) is 12.3 Å². The van der Waals surface area contributed by atoms with Gasteiger partial charge in [-0.25, -0.2) is 0 Å². The molecule has 1 N–H and O–H groups in total. The summed E-state index contributed by atoms with van der Waals surface area (Å²) in [4.78, 5) is 21.0. The van der Waals surface area contributed by atoms with E-state index < -0.39 is 17.6 Å². The topological polar surface area (TPSA) is 61.6 Å². The molecule has 4 rings (SSSR count). The van der Waals surface area contributed by atoms with Crippen LogP contribution in [0.4, 0.5) is 24.5 Å². The number of carbonyl (C=O) groups excluding carboxylic acids is 1. The molecule has 1 aliphatic rings. The number of nitrogens with zero attached hydrogens (tertiary/aromatic N) is 3. The van der Waals surface area contributed by atoms with E-state index in [2.05, 4.69) is 15.2 Å². The number of piperazine rings is 1. The lowest BCUT2D eigenvalue weighted by Crippen LogP contribution is -2.46. The molecule has 1 amide bonds. The zero-order valence-corrected chi connectivity index (χ0v) is 16.6. The lowest BCUT2D eigenvalue weighted by atomic mass is 10.1. The first kappa shape index (κ1) is 20.9. The van der Waals surface area contributed by atoms with Gasteiger partial charge in [0.05, 0.1) is 28.9 Å². The van der Waals surface area contributed by atoms with Gasteiger partial charge in [0.25, 0.3) is 5.91 Å². The molecule has 1 fully saturated rings. The number of halogens is 3. The van der Waals surface area contributed by atoms with Gasteiger partial charge in [-0.3, -0.25) is 14.7 Å². The van der Waals surface area contributed by atoms with Crippen molar-refractivity contribution in [2.45, 2.75) is 12.7 Å². The Balaban J connectivity index is 1.51. The summed E-state index contributed by atoms with van der Waals surface area (Å²) < 4.78 is 44.8.